The molecule has 0 N–H and O–H groups in total. The molecule has 0 aliphatic heterocycles. The molecule has 1 aromatic heterocycles. The van der Waals surface area contributed by atoms with Gasteiger partial charge in [0.1, 0.15) is 5.69 Å². The number of thioether (sulfide) groups is 1. The van der Waals surface area contributed by atoms with Crippen LogP contribution in [0.15, 0.2) is 41.3 Å². The topological polar surface area (TPSA) is 39.2 Å². The van der Waals surface area contributed by atoms with Gasteiger partial charge in [-0.25, -0.2) is 4.98 Å². The molecule has 2 aromatic rings. The summed E-state index contributed by atoms with van der Waals surface area (Å²) in [4.78, 5) is 16.8. The second-order valence-corrected chi connectivity index (χ2v) is 5.39. The second kappa shape index (κ2) is 8.93. The van der Waals surface area contributed by atoms with Crippen molar-refractivity contribution in [3.63, 3.8) is 0 Å². The fourth-order valence-electron chi connectivity index (χ4n) is 1.34. The van der Waals surface area contributed by atoms with Crippen LogP contribution in [0.1, 0.15) is 24.3 Å². The number of carbonyl (C=O) groups excluding carboxylic acids is 1. The van der Waals surface area contributed by atoms with E-state index in [1.807, 2.05) is 13.8 Å². The standard InChI is InChI=1S/C13H9Cl2NO2S.C2H6/c1-18-12-4-2-3-11(16-12)13(17)19-8-5-6-9(14)10(15)7-8;1-2/h2-7H,1H3;1-2H3. The average molecular weight is 344 g/mol. The van der Waals surface area contributed by atoms with Crippen LogP contribution in [0.25, 0.3) is 0 Å². The van der Waals surface area contributed by atoms with E-state index in [0.717, 1.165) is 11.8 Å². The normalized spacial score (nSPS) is 9.57. The van der Waals surface area contributed by atoms with Gasteiger partial charge in [0, 0.05) is 11.0 Å². The van der Waals surface area contributed by atoms with Gasteiger partial charge in [0.15, 0.2) is 0 Å². The molecular formula is C15H15Cl2NO2S. The van der Waals surface area contributed by atoms with E-state index in [1.54, 1.807) is 36.4 Å². The fraction of sp³-hybridized carbons (Fsp3) is 0.200. The van der Waals surface area contributed by atoms with Gasteiger partial charge in [-0.05, 0) is 36.0 Å². The van der Waals surface area contributed by atoms with Crippen molar-refractivity contribution in [1.29, 1.82) is 0 Å². The molecule has 0 saturated carbocycles. The fourth-order valence-corrected chi connectivity index (χ4v) is 2.45. The first-order chi connectivity index (χ1) is 10.1. The molecule has 0 bridgehead atoms. The molecule has 6 heteroatoms. The number of aromatic nitrogens is 1. The minimum absolute atomic E-state index is 0.183. The van der Waals surface area contributed by atoms with Gasteiger partial charge >= 0.3 is 0 Å². The summed E-state index contributed by atoms with van der Waals surface area (Å²) in [6.45, 7) is 4.00. The Morgan fingerprint density at radius 3 is 2.48 bits per heavy atom. The number of methoxy groups -OCH3 is 1. The minimum atomic E-state index is -0.183. The third-order valence-electron chi connectivity index (χ3n) is 2.24. The van der Waals surface area contributed by atoms with E-state index in [4.69, 9.17) is 27.9 Å². The van der Waals surface area contributed by atoms with Crippen molar-refractivity contribution in [2.24, 2.45) is 0 Å². The molecule has 21 heavy (non-hydrogen) atoms. The van der Waals surface area contributed by atoms with E-state index >= 15 is 0 Å². The molecule has 0 aliphatic carbocycles. The summed E-state index contributed by atoms with van der Waals surface area (Å²) >= 11 is 12.8. The van der Waals surface area contributed by atoms with Crippen LogP contribution in [-0.4, -0.2) is 17.2 Å². The van der Waals surface area contributed by atoms with Crippen LogP contribution in [0.4, 0.5) is 0 Å². The number of nitrogens with zero attached hydrogens (tertiary/aromatic N) is 1. The minimum Gasteiger partial charge on any atom is -0.481 e. The second-order valence-electron chi connectivity index (χ2n) is 3.53. The first kappa shape index (κ1) is 17.8. The number of carbonyl (C=O) groups is 1. The van der Waals surface area contributed by atoms with Crippen molar-refractivity contribution in [3.05, 3.63) is 52.1 Å². The lowest BCUT2D eigenvalue weighted by molar-refractivity contribution is 0.108. The SMILES string of the molecule is CC.COc1cccc(C(=O)Sc2ccc(Cl)c(Cl)c2)n1. The van der Waals surface area contributed by atoms with Crippen LogP contribution in [0.2, 0.25) is 10.0 Å². The third kappa shape index (κ3) is 5.23. The van der Waals surface area contributed by atoms with Crippen molar-refractivity contribution in [3.8, 4) is 5.88 Å². The van der Waals surface area contributed by atoms with Gasteiger partial charge in [0.25, 0.3) is 0 Å². The maximum atomic E-state index is 12.0. The van der Waals surface area contributed by atoms with Crippen molar-refractivity contribution in [1.82, 2.24) is 4.98 Å². The summed E-state index contributed by atoms with van der Waals surface area (Å²) in [5, 5.41) is 0.688. The molecule has 0 fully saturated rings. The zero-order valence-electron chi connectivity index (χ0n) is 11.9. The molecule has 0 unspecified atom stereocenters. The van der Waals surface area contributed by atoms with Crippen molar-refractivity contribution < 1.29 is 9.53 Å². The van der Waals surface area contributed by atoms with Crippen LogP contribution < -0.4 is 4.74 Å². The van der Waals surface area contributed by atoms with Gasteiger partial charge in [0.2, 0.25) is 11.0 Å². The smallest absolute Gasteiger partial charge is 0.242 e. The van der Waals surface area contributed by atoms with Crippen LogP contribution in [-0.2, 0) is 0 Å². The zero-order chi connectivity index (χ0) is 15.8. The summed E-state index contributed by atoms with van der Waals surface area (Å²) in [7, 11) is 1.50. The number of pyridine rings is 1. The molecule has 3 nitrogen and oxygen atoms in total. The lowest BCUT2D eigenvalue weighted by Crippen LogP contribution is -1.98. The van der Waals surface area contributed by atoms with Gasteiger partial charge in [0.05, 0.1) is 17.2 Å². The molecule has 1 aromatic carbocycles. The molecule has 0 aliphatic rings. The summed E-state index contributed by atoms with van der Waals surface area (Å²) in [5.41, 5.74) is 0.329. The maximum Gasteiger partial charge on any atom is 0.242 e. The molecule has 0 saturated heterocycles. The quantitative estimate of drug-likeness (QED) is 0.703. The number of halogens is 2. The highest BCUT2D eigenvalue weighted by atomic mass is 35.5. The highest BCUT2D eigenvalue weighted by Gasteiger charge is 2.11. The Kier molecular flexibility index (Phi) is 7.57. The van der Waals surface area contributed by atoms with Crippen molar-refractivity contribution in [2.45, 2.75) is 18.7 Å². The number of hydrogen-bond donors (Lipinski definition) is 0. The van der Waals surface area contributed by atoms with Crippen LogP contribution in [0.5, 0.6) is 5.88 Å². The molecule has 0 atom stereocenters. The average Bonchev–Trinajstić information content (AvgIpc) is 2.53. The molecule has 0 radical (unpaired) electrons. The molecule has 2 rings (SSSR count). The Hall–Kier alpha value is -1.23. The summed E-state index contributed by atoms with van der Waals surface area (Å²) < 4.78 is 4.98. The van der Waals surface area contributed by atoms with Crippen LogP contribution in [0, 0.1) is 0 Å². The first-order valence-corrected chi connectivity index (χ1v) is 7.85. The Morgan fingerprint density at radius 2 is 1.86 bits per heavy atom. The Morgan fingerprint density at radius 1 is 1.14 bits per heavy atom. The van der Waals surface area contributed by atoms with E-state index < -0.39 is 0 Å². The van der Waals surface area contributed by atoms with Gasteiger partial charge in [-0.2, -0.15) is 0 Å². The summed E-state index contributed by atoms with van der Waals surface area (Å²) in [6.07, 6.45) is 0. The summed E-state index contributed by atoms with van der Waals surface area (Å²) in [6, 6.07) is 10.1. The van der Waals surface area contributed by atoms with Crippen molar-refractivity contribution in [2.75, 3.05) is 7.11 Å². The molecule has 0 amide bonds. The van der Waals surface area contributed by atoms with Crippen LogP contribution in [0.3, 0.4) is 0 Å². The molecule has 0 spiro atoms. The Balaban J connectivity index is 0.00000106. The maximum absolute atomic E-state index is 12.0. The highest BCUT2D eigenvalue weighted by molar-refractivity contribution is 8.14. The largest absolute Gasteiger partial charge is 0.481 e. The van der Waals surface area contributed by atoms with E-state index in [1.165, 1.54) is 7.11 Å². The highest BCUT2D eigenvalue weighted by Crippen LogP contribution is 2.29. The number of benzene rings is 1. The van der Waals surface area contributed by atoms with Gasteiger partial charge in [-0.3, -0.25) is 4.79 Å². The third-order valence-corrected chi connectivity index (χ3v) is 3.87. The first-order valence-electron chi connectivity index (χ1n) is 6.28. The lowest BCUT2D eigenvalue weighted by atomic mass is 10.4. The monoisotopic (exact) mass is 343 g/mol. The predicted molar refractivity (Wildman–Crippen MR) is 88.8 cm³/mol. The Labute approximate surface area is 138 Å². The van der Waals surface area contributed by atoms with Crippen molar-refractivity contribution >= 4 is 40.1 Å². The number of hydrogen-bond acceptors (Lipinski definition) is 4. The van der Waals surface area contributed by atoms with Gasteiger partial charge in [-0.1, -0.05) is 43.1 Å². The van der Waals surface area contributed by atoms with Gasteiger partial charge < -0.3 is 4.74 Å². The Bertz CT molecular complexity index is 620. The van der Waals surface area contributed by atoms with Crippen LogP contribution >= 0.6 is 35.0 Å². The summed E-state index contributed by atoms with van der Waals surface area (Å²) in [5.74, 6) is 0.403. The molecular weight excluding hydrogens is 329 g/mol. The zero-order valence-corrected chi connectivity index (χ0v) is 14.2. The molecule has 112 valence electrons. The van der Waals surface area contributed by atoms with E-state index in [9.17, 15) is 4.79 Å². The van der Waals surface area contributed by atoms with Gasteiger partial charge in [-0.15, -0.1) is 0 Å². The lowest BCUT2D eigenvalue weighted by Gasteiger charge is -2.03. The molecule has 1 heterocycles. The van der Waals surface area contributed by atoms with E-state index in [0.29, 0.717) is 26.5 Å². The predicted octanol–water partition coefficient (Wildman–Crippen LogP) is 5.36. The van der Waals surface area contributed by atoms with E-state index in [2.05, 4.69) is 4.98 Å². The number of rotatable bonds is 3. The van der Waals surface area contributed by atoms with E-state index in [-0.39, 0.29) is 5.12 Å². The number of ether oxygens (including phenoxy) is 1.